The van der Waals surface area contributed by atoms with E-state index in [1.807, 2.05) is 18.2 Å². The third-order valence-corrected chi connectivity index (χ3v) is 5.61. The van der Waals surface area contributed by atoms with Gasteiger partial charge in [0.2, 0.25) is 5.91 Å². The molecule has 2 bridgehead atoms. The predicted molar refractivity (Wildman–Crippen MR) is 100 cm³/mol. The quantitative estimate of drug-likeness (QED) is 0.880. The summed E-state index contributed by atoms with van der Waals surface area (Å²) in [4.78, 5) is 14.1. The highest BCUT2D eigenvalue weighted by Gasteiger charge is 2.40. The Hall–Kier alpha value is -2.33. The van der Waals surface area contributed by atoms with E-state index in [1.54, 1.807) is 6.07 Å². The summed E-state index contributed by atoms with van der Waals surface area (Å²) < 4.78 is 0. The molecule has 0 spiro atoms. The number of nitrogens with one attached hydrogen (secondary N) is 1. The van der Waals surface area contributed by atoms with Crippen LogP contribution < -0.4 is 11.1 Å². The van der Waals surface area contributed by atoms with Gasteiger partial charge < -0.3 is 11.1 Å². The van der Waals surface area contributed by atoms with E-state index in [-0.39, 0.29) is 5.91 Å². The van der Waals surface area contributed by atoms with Gasteiger partial charge in [0, 0.05) is 35.9 Å². The highest BCUT2D eigenvalue weighted by atomic mass is 16.1. The van der Waals surface area contributed by atoms with Gasteiger partial charge in [-0.15, -0.1) is 0 Å². The number of primary amides is 1. The minimum Gasteiger partial charge on any atom is -0.382 e. The Morgan fingerprint density at radius 2 is 1.76 bits per heavy atom. The van der Waals surface area contributed by atoms with Crippen LogP contribution in [0, 0.1) is 0 Å². The standard InChI is InChI=1S/C21H25N3O/c22-21(25)16-7-4-8-17(11-16)23-18-12-19-9-10-20(13-18)24(19)14-15-5-2-1-3-6-15/h1-8,11,18-20,23H,9-10,12-14H2,(H2,22,25)/t18?,19-,20+. The smallest absolute Gasteiger partial charge is 0.248 e. The summed E-state index contributed by atoms with van der Waals surface area (Å²) in [7, 11) is 0. The van der Waals surface area contributed by atoms with Crippen LogP contribution in [0.25, 0.3) is 0 Å². The lowest BCUT2D eigenvalue weighted by Crippen LogP contribution is -2.46. The van der Waals surface area contributed by atoms with Crippen LogP contribution >= 0.6 is 0 Å². The topological polar surface area (TPSA) is 58.4 Å². The molecule has 2 heterocycles. The Bertz CT molecular complexity index is 732. The van der Waals surface area contributed by atoms with Gasteiger partial charge in [-0.3, -0.25) is 9.69 Å². The van der Waals surface area contributed by atoms with E-state index < -0.39 is 0 Å². The van der Waals surface area contributed by atoms with Crippen molar-refractivity contribution in [1.82, 2.24) is 4.90 Å². The number of hydrogen-bond acceptors (Lipinski definition) is 3. The van der Waals surface area contributed by atoms with Crippen LogP contribution in [0.2, 0.25) is 0 Å². The second kappa shape index (κ2) is 6.89. The van der Waals surface area contributed by atoms with Gasteiger partial charge in [0.15, 0.2) is 0 Å². The fourth-order valence-corrected chi connectivity index (χ4v) is 4.44. The van der Waals surface area contributed by atoms with E-state index in [0.29, 0.717) is 23.7 Å². The Balaban J connectivity index is 1.41. The maximum atomic E-state index is 11.4. The molecule has 2 aliphatic heterocycles. The number of carbonyl (C=O) groups excluding carboxylic acids is 1. The molecule has 2 aromatic carbocycles. The lowest BCUT2D eigenvalue weighted by molar-refractivity contribution is 0.1000. The number of piperidine rings is 1. The molecule has 2 aliphatic rings. The summed E-state index contributed by atoms with van der Waals surface area (Å²) in [5.41, 5.74) is 8.35. The van der Waals surface area contributed by atoms with Crippen LogP contribution in [0.4, 0.5) is 5.69 Å². The highest BCUT2D eigenvalue weighted by molar-refractivity contribution is 5.93. The average molecular weight is 335 g/mol. The molecule has 2 saturated heterocycles. The minimum absolute atomic E-state index is 0.374. The van der Waals surface area contributed by atoms with Gasteiger partial charge in [0.05, 0.1) is 0 Å². The van der Waals surface area contributed by atoms with Crippen molar-refractivity contribution >= 4 is 11.6 Å². The second-order valence-corrected chi connectivity index (χ2v) is 7.30. The molecule has 1 unspecified atom stereocenters. The second-order valence-electron chi connectivity index (χ2n) is 7.30. The fourth-order valence-electron chi connectivity index (χ4n) is 4.44. The molecule has 0 saturated carbocycles. The van der Waals surface area contributed by atoms with E-state index >= 15 is 0 Å². The monoisotopic (exact) mass is 335 g/mol. The molecule has 0 aromatic heterocycles. The molecule has 25 heavy (non-hydrogen) atoms. The van der Waals surface area contributed by atoms with Crippen molar-refractivity contribution in [2.24, 2.45) is 5.73 Å². The van der Waals surface area contributed by atoms with Crippen molar-refractivity contribution in [2.75, 3.05) is 5.32 Å². The first-order chi connectivity index (χ1) is 12.2. The van der Waals surface area contributed by atoms with E-state index in [4.69, 9.17) is 5.73 Å². The third-order valence-electron chi connectivity index (χ3n) is 5.61. The molecular weight excluding hydrogens is 310 g/mol. The number of rotatable bonds is 5. The first kappa shape index (κ1) is 16.2. The van der Waals surface area contributed by atoms with Crippen molar-refractivity contribution < 1.29 is 4.79 Å². The fraction of sp³-hybridized carbons (Fsp3) is 0.381. The molecular formula is C21H25N3O. The van der Waals surface area contributed by atoms with Crippen LogP contribution in [-0.2, 0) is 6.54 Å². The van der Waals surface area contributed by atoms with Gasteiger partial charge in [0.1, 0.15) is 0 Å². The van der Waals surface area contributed by atoms with Crippen molar-refractivity contribution in [3.8, 4) is 0 Å². The van der Waals surface area contributed by atoms with Gasteiger partial charge in [-0.2, -0.15) is 0 Å². The molecule has 130 valence electrons. The molecule has 0 aliphatic carbocycles. The molecule has 4 heteroatoms. The van der Waals surface area contributed by atoms with Crippen LogP contribution in [0.1, 0.15) is 41.6 Å². The zero-order valence-corrected chi connectivity index (χ0v) is 14.4. The Morgan fingerprint density at radius 1 is 1.04 bits per heavy atom. The molecule has 4 nitrogen and oxygen atoms in total. The van der Waals surface area contributed by atoms with Gasteiger partial charge in [-0.05, 0) is 49.4 Å². The number of carbonyl (C=O) groups is 1. The normalized spacial score (nSPS) is 25.7. The summed E-state index contributed by atoms with van der Waals surface area (Å²) in [6, 6.07) is 20.1. The molecule has 4 rings (SSSR count). The number of nitrogens with two attached hydrogens (primary N) is 1. The summed E-state index contributed by atoms with van der Waals surface area (Å²) >= 11 is 0. The van der Waals surface area contributed by atoms with Crippen LogP contribution in [0.3, 0.4) is 0 Å². The van der Waals surface area contributed by atoms with Crippen LogP contribution in [0.5, 0.6) is 0 Å². The third kappa shape index (κ3) is 3.54. The largest absolute Gasteiger partial charge is 0.382 e. The summed E-state index contributed by atoms with van der Waals surface area (Å²) in [6.45, 7) is 1.06. The van der Waals surface area contributed by atoms with Crippen molar-refractivity contribution in [3.63, 3.8) is 0 Å². The molecule has 1 amide bonds. The summed E-state index contributed by atoms with van der Waals surface area (Å²) in [6.07, 6.45) is 4.89. The first-order valence-corrected chi connectivity index (χ1v) is 9.15. The Kier molecular flexibility index (Phi) is 4.45. The molecule has 3 N–H and O–H groups in total. The van der Waals surface area contributed by atoms with E-state index in [0.717, 1.165) is 25.1 Å². The first-order valence-electron chi connectivity index (χ1n) is 9.15. The summed E-state index contributed by atoms with van der Waals surface area (Å²) in [5.74, 6) is -0.374. The number of benzene rings is 2. The highest BCUT2D eigenvalue weighted by Crippen LogP contribution is 2.37. The predicted octanol–water partition coefficient (Wildman–Crippen LogP) is 3.39. The van der Waals surface area contributed by atoms with Gasteiger partial charge in [-0.1, -0.05) is 36.4 Å². The number of amides is 1. The Labute approximate surface area is 149 Å². The molecule has 3 atom stereocenters. The number of fused-ring (bicyclic) bond motifs is 2. The van der Waals surface area contributed by atoms with Crippen molar-refractivity contribution in [2.45, 2.75) is 50.4 Å². The van der Waals surface area contributed by atoms with Crippen LogP contribution in [0.15, 0.2) is 54.6 Å². The van der Waals surface area contributed by atoms with E-state index in [9.17, 15) is 4.79 Å². The number of hydrogen-bond donors (Lipinski definition) is 2. The molecule has 0 radical (unpaired) electrons. The van der Waals surface area contributed by atoms with Crippen molar-refractivity contribution in [3.05, 3.63) is 65.7 Å². The molecule has 2 fully saturated rings. The van der Waals surface area contributed by atoms with E-state index in [1.165, 1.54) is 18.4 Å². The van der Waals surface area contributed by atoms with Gasteiger partial charge in [-0.25, -0.2) is 0 Å². The zero-order chi connectivity index (χ0) is 17.2. The number of nitrogens with zero attached hydrogens (tertiary/aromatic N) is 1. The summed E-state index contributed by atoms with van der Waals surface area (Å²) in [5, 5.41) is 3.63. The maximum Gasteiger partial charge on any atom is 0.248 e. The zero-order valence-electron chi connectivity index (χ0n) is 14.4. The lowest BCUT2D eigenvalue weighted by Gasteiger charge is -2.39. The lowest BCUT2D eigenvalue weighted by atomic mass is 9.96. The molecule has 2 aromatic rings. The minimum atomic E-state index is -0.374. The average Bonchev–Trinajstić information content (AvgIpc) is 2.85. The van der Waals surface area contributed by atoms with Crippen LogP contribution in [-0.4, -0.2) is 28.9 Å². The maximum absolute atomic E-state index is 11.4. The number of anilines is 1. The SMILES string of the molecule is NC(=O)c1cccc(NC2C[C@H]3CC[C@@H](C2)N3Cc2ccccc2)c1. The van der Waals surface area contributed by atoms with Crippen molar-refractivity contribution in [1.29, 1.82) is 0 Å². The van der Waals surface area contributed by atoms with Gasteiger partial charge in [0.25, 0.3) is 0 Å². The van der Waals surface area contributed by atoms with Gasteiger partial charge >= 0.3 is 0 Å². The van der Waals surface area contributed by atoms with E-state index in [2.05, 4.69) is 40.5 Å². The Morgan fingerprint density at radius 3 is 2.44 bits per heavy atom.